The van der Waals surface area contributed by atoms with Crippen molar-refractivity contribution < 1.29 is 43.1 Å². The summed E-state index contributed by atoms with van der Waals surface area (Å²) in [6.07, 6.45) is 2.34. The fraction of sp³-hybridized carbons (Fsp3) is 0.520. The first-order chi connectivity index (χ1) is 16.2. The molecule has 34 heavy (non-hydrogen) atoms. The van der Waals surface area contributed by atoms with Gasteiger partial charge < -0.3 is 19.3 Å². The van der Waals surface area contributed by atoms with Gasteiger partial charge in [0.2, 0.25) is 0 Å². The van der Waals surface area contributed by atoms with Crippen molar-refractivity contribution >= 4 is 17.5 Å². The van der Waals surface area contributed by atoms with E-state index >= 15 is 0 Å². The van der Waals surface area contributed by atoms with Crippen LogP contribution in [-0.4, -0.2) is 55.4 Å². The summed E-state index contributed by atoms with van der Waals surface area (Å²) in [5.74, 6) is -2.61. The van der Waals surface area contributed by atoms with Crippen molar-refractivity contribution in [3.8, 4) is 0 Å². The van der Waals surface area contributed by atoms with Gasteiger partial charge in [0, 0.05) is 45.5 Å². The number of hydrogen-bond acceptors (Lipinski definition) is 8. The molecule has 1 fully saturated rings. The molecular weight excluding hydrogens is 447 g/mol. The average Bonchev–Trinajstić information content (AvgIpc) is 2.82. The first-order valence-corrected chi connectivity index (χ1v) is 11.2. The zero-order valence-electron chi connectivity index (χ0n) is 19.8. The summed E-state index contributed by atoms with van der Waals surface area (Å²) in [4.78, 5) is 33.7. The molecule has 0 aromatic heterocycles. The van der Waals surface area contributed by atoms with Crippen LogP contribution < -0.4 is 0 Å². The number of carbonyl (C=O) groups is 2. The third-order valence-corrected chi connectivity index (χ3v) is 6.06. The molecule has 1 N–H and O–H groups in total. The zero-order chi connectivity index (χ0) is 24.9. The van der Waals surface area contributed by atoms with Gasteiger partial charge in [-0.3, -0.25) is 9.68 Å². The van der Waals surface area contributed by atoms with E-state index in [2.05, 4.69) is 0 Å². The van der Waals surface area contributed by atoms with Gasteiger partial charge in [0.25, 0.3) is 0 Å². The lowest BCUT2D eigenvalue weighted by Gasteiger charge is -2.40. The summed E-state index contributed by atoms with van der Waals surface area (Å²) >= 11 is 0. The predicted molar refractivity (Wildman–Crippen MR) is 120 cm³/mol. The second kappa shape index (κ2) is 11.2. The first kappa shape index (κ1) is 26.0. The lowest BCUT2D eigenvalue weighted by molar-refractivity contribution is -0.314. The summed E-state index contributed by atoms with van der Waals surface area (Å²) in [5.41, 5.74) is 2.53. The van der Waals surface area contributed by atoms with Gasteiger partial charge in [-0.15, -0.1) is 0 Å². The Morgan fingerprint density at radius 3 is 2.65 bits per heavy atom. The van der Waals surface area contributed by atoms with E-state index in [0.717, 1.165) is 5.57 Å². The van der Waals surface area contributed by atoms with E-state index in [9.17, 15) is 19.1 Å². The van der Waals surface area contributed by atoms with Crippen LogP contribution in [0.3, 0.4) is 0 Å². The Balaban J connectivity index is 2.06. The van der Waals surface area contributed by atoms with Gasteiger partial charge >= 0.3 is 11.9 Å². The molecular formula is C25H31FO8. The number of carbonyl (C=O) groups excluding carboxylic acids is 2. The number of hydrogen-bond donors (Lipinski definition) is 1. The van der Waals surface area contributed by atoms with Crippen LogP contribution in [-0.2, 0) is 33.6 Å². The Hall–Kier alpha value is -2.59. The molecule has 1 aromatic rings. The molecule has 1 saturated heterocycles. The number of aliphatic hydroxyl groups excluding tert-OH is 1. The van der Waals surface area contributed by atoms with Gasteiger partial charge in [-0.05, 0) is 41.8 Å². The van der Waals surface area contributed by atoms with Crippen molar-refractivity contribution in [1.29, 1.82) is 0 Å². The molecule has 1 unspecified atom stereocenters. The zero-order valence-corrected chi connectivity index (χ0v) is 19.8. The summed E-state index contributed by atoms with van der Waals surface area (Å²) in [6, 6.07) is 4.73. The Labute approximate surface area is 198 Å². The number of aryl methyl sites for hydroxylation is 1. The van der Waals surface area contributed by atoms with Crippen LogP contribution >= 0.6 is 0 Å². The van der Waals surface area contributed by atoms with Crippen LogP contribution in [0.4, 0.5) is 4.39 Å². The molecule has 9 heteroatoms. The maximum Gasteiger partial charge on any atom is 0.342 e. The molecule has 2 aliphatic rings. The number of rotatable bonds is 8. The molecule has 1 aromatic carbocycles. The number of halogens is 1. The van der Waals surface area contributed by atoms with Crippen LogP contribution in [0.2, 0.25) is 0 Å². The topological polar surface area (TPSA) is 101 Å². The lowest BCUT2D eigenvalue weighted by atomic mass is 9.80. The summed E-state index contributed by atoms with van der Waals surface area (Å²) in [5, 5.41) is 9.94. The first-order valence-electron chi connectivity index (χ1n) is 11.2. The smallest absolute Gasteiger partial charge is 0.342 e. The van der Waals surface area contributed by atoms with Crippen LogP contribution in [0.5, 0.6) is 0 Å². The summed E-state index contributed by atoms with van der Waals surface area (Å²) in [6.45, 7) is 3.32. The fourth-order valence-electron chi connectivity index (χ4n) is 4.23. The van der Waals surface area contributed by atoms with Gasteiger partial charge in [0.1, 0.15) is 18.0 Å². The Bertz CT molecular complexity index is 966. The molecule has 0 amide bonds. The van der Waals surface area contributed by atoms with Crippen molar-refractivity contribution in [1.82, 2.24) is 0 Å². The van der Waals surface area contributed by atoms with Crippen LogP contribution in [0.25, 0.3) is 5.57 Å². The maximum atomic E-state index is 14.0. The molecule has 0 bridgehead atoms. The number of benzene rings is 1. The lowest BCUT2D eigenvalue weighted by Crippen LogP contribution is -2.44. The molecule has 3 rings (SSSR count). The van der Waals surface area contributed by atoms with Gasteiger partial charge in [0.15, 0.2) is 5.79 Å². The van der Waals surface area contributed by atoms with Crippen molar-refractivity contribution in [2.75, 3.05) is 14.2 Å². The minimum atomic E-state index is -1.28. The second-order valence-corrected chi connectivity index (χ2v) is 8.43. The van der Waals surface area contributed by atoms with E-state index in [1.54, 1.807) is 38.1 Å². The number of aliphatic hydroxyl groups is 1. The molecule has 8 nitrogen and oxygen atoms in total. The summed E-state index contributed by atoms with van der Waals surface area (Å²) < 4.78 is 31.0. The van der Waals surface area contributed by atoms with Crippen LogP contribution in [0.15, 0.2) is 35.9 Å². The monoisotopic (exact) mass is 478 g/mol. The third kappa shape index (κ3) is 5.90. The highest BCUT2D eigenvalue weighted by atomic mass is 19.1. The molecule has 1 heterocycles. The molecule has 0 spiro atoms. The number of cyclic esters (lactones) is 1. The maximum absolute atomic E-state index is 14.0. The van der Waals surface area contributed by atoms with E-state index in [-0.39, 0.29) is 31.5 Å². The van der Waals surface area contributed by atoms with Crippen LogP contribution in [0, 0.1) is 12.7 Å². The van der Waals surface area contributed by atoms with Crippen LogP contribution in [0.1, 0.15) is 50.2 Å². The minimum Gasteiger partial charge on any atom is -0.458 e. The standard InChI is InChI=1S/C25H31FO8/c1-5-23(28)34-33-19-13-20(16-6-9-22(26)15(2)10-16)21(25(14-19,30-3)31-4)8-7-18-11-17(27)12-24(29)32-18/h6-10,17-19,27H,5,11-14H2,1-4H3/b8-7+/t17-,18-,19?/m1/s1. The van der Waals surface area contributed by atoms with Crippen molar-refractivity contribution in [2.24, 2.45) is 0 Å². The Kier molecular flexibility index (Phi) is 8.59. The van der Waals surface area contributed by atoms with E-state index < -0.39 is 36.0 Å². The van der Waals surface area contributed by atoms with Gasteiger partial charge in [0.05, 0.1) is 12.5 Å². The number of methoxy groups -OCH3 is 2. The minimum absolute atomic E-state index is 0.0390. The average molecular weight is 479 g/mol. The normalized spacial score (nSPS) is 24.9. The SMILES string of the molecule is CCC(=O)OOC1CC(c2ccc(F)c(C)c2)=C(/C=C/[C@@H]2C[C@@H](O)CC(=O)O2)C(OC)(OC)C1. The largest absolute Gasteiger partial charge is 0.458 e. The highest BCUT2D eigenvalue weighted by Gasteiger charge is 2.44. The Morgan fingerprint density at radius 2 is 2.03 bits per heavy atom. The predicted octanol–water partition coefficient (Wildman–Crippen LogP) is 3.55. The third-order valence-electron chi connectivity index (χ3n) is 6.06. The molecule has 0 radical (unpaired) electrons. The van der Waals surface area contributed by atoms with E-state index in [4.69, 9.17) is 24.0 Å². The summed E-state index contributed by atoms with van der Waals surface area (Å²) in [7, 11) is 2.96. The number of ether oxygens (including phenoxy) is 3. The van der Waals surface area contributed by atoms with Crippen molar-refractivity contribution in [3.63, 3.8) is 0 Å². The van der Waals surface area contributed by atoms with Crippen molar-refractivity contribution in [3.05, 3.63) is 52.9 Å². The van der Waals surface area contributed by atoms with Gasteiger partial charge in [-0.1, -0.05) is 19.1 Å². The highest BCUT2D eigenvalue weighted by Crippen LogP contribution is 2.43. The number of esters is 1. The Morgan fingerprint density at radius 1 is 1.29 bits per heavy atom. The van der Waals surface area contributed by atoms with E-state index in [1.165, 1.54) is 20.3 Å². The van der Waals surface area contributed by atoms with Gasteiger partial charge in [-0.2, -0.15) is 4.89 Å². The highest BCUT2D eigenvalue weighted by molar-refractivity contribution is 5.75. The molecule has 186 valence electrons. The van der Waals surface area contributed by atoms with E-state index in [0.29, 0.717) is 23.1 Å². The van der Waals surface area contributed by atoms with E-state index in [1.807, 2.05) is 0 Å². The van der Waals surface area contributed by atoms with Gasteiger partial charge in [-0.25, -0.2) is 9.18 Å². The quantitative estimate of drug-likeness (QED) is 0.262. The molecule has 1 aliphatic heterocycles. The second-order valence-electron chi connectivity index (χ2n) is 8.43. The molecule has 3 atom stereocenters. The fourth-order valence-corrected chi connectivity index (χ4v) is 4.23. The molecule has 0 saturated carbocycles. The molecule has 1 aliphatic carbocycles. The van der Waals surface area contributed by atoms with Crippen molar-refractivity contribution in [2.45, 2.75) is 70.1 Å².